The summed E-state index contributed by atoms with van der Waals surface area (Å²) >= 11 is 0. The van der Waals surface area contributed by atoms with Crippen LogP contribution in [0.25, 0.3) is 0 Å². The third kappa shape index (κ3) is 3.01. The highest BCUT2D eigenvalue weighted by Gasteiger charge is 2.60. The number of carboxylic acid groups (broad SMARTS) is 2. The van der Waals surface area contributed by atoms with Gasteiger partial charge < -0.3 is 21.7 Å². The van der Waals surface area contributed by atoms with Crippen molar-refractivity contribution in [3.8, 4) is 0 Å². The number of carbonyl (C=O) groups is 3. The van der Waals surface area contributed by atoms with Crippen LogP contribution in [0.5, 0.6) is 0 Å². The van der Waals surface area contributed by atoms with Crippen LogP contribution in [-0.4, -0.2) is 40.8 Å². The fourth-order valence-electron chi connectivity index (χ4n) is 2.78. The van der Waals surface area contributed by atoms with E-state index >= 15 is 0 Å². The number of para-hydroxylation sites is 1. The van der Waals surface area contributed by atoms with E-state index in [1.807, 2.05) is 0 Å². The van der Waals surface area contributed by atoms with Crippen molar-refractivity contribution in [2.45, 2.75) is 6.04 Å². The molecule has 0 saturated heterocycles. The number of nitrogens with two attached hydrogens (primary N) is 2. The van der Waals surface area contributed by atoms with Crippen LogP contribution in [0.15, 0.2) is 30.3 Å². The minimum absolute atomic E-state index is 0.0158. The van der Waals surface area contributed by atoms with E-state index in [1.54, 1.807) is 30.3 Å². The molecule has 1 aliphatic carbocycles. The first-order valence-electron chi connectivity index (χ1n) is 6.67. The lowest BCUT2D eigenvalue weighted by molar-refractivity contribution is -0.140. The molecule has 1 aromatic rings. The van der Waals surface area contributed by atoms with Gasteiger partial charge in [-0.3, -0.25) is 14.5 Å². The van der Waals surface area contributed by atoms with Gasteiger partial charge in [-0.2, -0.15) is 0 Å². The fourth-order valence-corrected chi connectivity index (χ4v) is 2.78. The number of primary amides is 1. The van der Waals surface area contributed by atoms with Gasteiger partial charge in [-0.15, -0.1) is 0 Å². The van der Waals surface area contributed by atoms with Gasteiger partial charge in [0.05, 0.1) is 5.92 Å². The van der Waals surface area contributed by atoms with E-state index in [2.05, 4.69) is 0 Å². The summed E-state index contributed by atoms with van der Waals surface area (Å²) in [5.41, 5.74) is 11.4. The molecule has 22 heavy (non-hydrogen) atoms. The average Bonchev–Trinajstić information content (AvgIpc) is 3.18. The Morgan fingerprint density at radius 2 is 1.77 bits per heavy atom. The zero-order valence-electron chi connectivity index (χ0n) is 11.6. The summed E-state index contributed by atoms with van der Waals surface area (Å²) in [5.74, 6) is -4.54. The van der Waals surface area contributed by atoms with Crippen LogP contribution in [0.3, 0.4) is 0 Å². The molecule has 8 heteroatoms. The molecule has 2 amide bonds. The number of rotatable bonds is 6. The Balaban J connectivity index is 2.18. The first-order chi connectivity index (χ1) is 10.3. The van der Waals surface area contributed by atoms with E-state index in [0.29, 0.717) is 5.69 Å². The van der Waals surface area contributed by atoms with Crippen molar-refractivity contribution in [3.05, 3.63) is 30.3 Å². The number of aliphatic carboxylic acids is 2. The summed E-state index contributed by atoms with van der Waals surface area (Å²) in [6.07, 6.45) is 0. The molecule has 1 aliphatic rings. The lowest BCUT2D eigenvalue weighted by Crippen LogP contribution is -2.39. The molecule has 1 saturated carbocycles. The highest BCUT2D eigenvalue weighted by molar-refractivity contribution is 5.91. The monoisotopic (exact) mass is 307 g/mol. The van der Waals surface area contributed by atoms with E-state index in [9.17, 15) is 14.4 Å². The second-order valence-electron chi connectivity index (χ2n) is 5.25. The van der Waals surface area contributed by atoms with Gasteiger partial charge in [0.25, 0.3) is 0 Å². The normalized spacial score (nSPS) is 24.3. The fraction of sp³-hybridized carbons (Fsp3) is 0.357. The molecule has 0 heterocycles. The lowest BCUT2D eigenvalue weighted by Gasteiger charge is -2.20. The van der Waals surface area contributed by atoms with Gasteiger partial charge in [-0.1, -0.05) is 18.2 Å². The number of carbonyl (C=O) groups excluding carboxylic acids is 1. The molecule has 0 bridgehead atoms. The maximum atomic E-state index is 11.6. The Labute approximate surface area is 126 Å². The third-order valence-corrected chi connectivity index (χ3v) is 3.94. The van der Waals surface area contributed by atoms with Gasteiger partial charge in [0.2, 0.25) is 0 Å². The Bertz CT molecular complexity index is 591. The topological polar surface area (TPSA) is 147 Å². The van der Waals surface area contributed by atoms with Gasteiger partial charge >= 0.3 is 18.0 Å². The van der Waals surface area contributed by atoms with Gasteiger partial charge in [0.15, 0.2) is 0 Å². The highest BCUT2D eigenvalue weighted by Crippen LogP contribution is 2.49. The SMILES string of the molecule is NC(=O)N(CC1C(C(=O)O)C1[C@H](N)C(=O)O)c1ccccc1. The molecule has 3 unspecified atom stereocenters. The molecular weight excluding hydrogens is 290 g/mol. The number of hydrogen-bond donors (Lipinski definition) is 4. The van der Waals surface area contributed by atoms with Crippen molar-refractivity contribution in [2.24, 2.45) is 29.2 Å². The molecule has 1 aromatic carbocycles. The van der Waals surface area contributed by atoms with Gasteiger partial charge in [0.1, 0.15) is 6.04 Å². The van der Waals surface area contributed by atoms with E-state index in [4.69, 9.17) is 21.7 Å². The van der Waals surface area contributed by atoms with E-state index in [-0.39, 0.29) is 6.54 Å². The van der Waals surface area contributed by atoms with Crippen molar-refractivity contribution in [1.29, 1.82) is 0 Å². The quantitative estimate of drug-likeness (QED) is 0.578. The number of anilines is 1. The van der Waals surface area contributed by atoms with Crippen LogP contribution in [-0.2, 0) is 9.59 Å². The minimum Gasteiger partial charge on any atom is -0.481 e. The molecule has 0 radical (unpaired) electrons. The molecule has 6 N–H and O–H groups in total. The molecule has 0 aromatic heterocycles. The van der Waals surface area contributed by atoms with Gasteiger partial charge in [0, 0.05) is 18.2 Å². The standard InChI is InChI=1S/C14H17N3O5/c15-11(13(20)21)9-8(10(9)12(18)19)6-17(14(16)22)7-4-2-1-3-5-7/h1-5,8-11H,6,15H2,(H2,16,22)(H,18,19)(H,20,21)/t8?,9?,10?,11-/m0/s1. The second kappa shape index (κ2) is 6.02. The number of carboxylic acids is 2. The van der Waals surface area contributed by atoms with Crippen LogP contribution in [0.1, 0.15) is 0 Å². The predicted octanol–water partition coefficient (Wildman–Crippen LogP) is -0.0696. The number of amides is 2. The minimum atomic E-state index is -1.28. The van der Waals surface area contributed by atoms with Crippen LogP contribution in [0, 0.1) is 17.8 Å². The van der Waals surface area contributed by atoms with E-state index < -0.39 is 41.8 Å². The Kier molecular flexibility index (Phi) is 4.32. The van der Waals surface area contributed by atoms with Crippen molar-refractivity contribution >= 4 is 23.7 Å². The van der Waals surface area contributed by atoms with Crippen LogP contribution >= 0.6 is 0 Å². The Hall–Kier alpha value is -2.61. The number of hydrogen-bond acceptors (Lipinski definition) is 4. The number of benzene rings is 1. The van der Waals surface area contributed by atoms with Crippen molar-refractivity contribution in [1.82, 2.24) is 0 Å². The highest BCUT2D eigenvalue weighted by atomic mass is 16.4. The zero-order valence-corrected chi connectivity index (χ0v) is 11.6. The average molecular weight is 307 g/mol. The number of urea groups is 1. The summed E-state index contributed by atoms with van der Waals surface area (Å²) in [4.78, 5) is 35.0. The first-order valence-corrected chi connectivity index (χ1v) is 6.67. The van der Waals surface area contributed by atoms with Crippen molar-refractivity contribution in [2.75, 3.05) is 11.4 Å². The summed E-state index contributed by atoms with van der Waals surface area (Å²) in [7, 11) is 0. The van der Waals surface area contributed by atoms with Gasteiger partial charge in [-0.05, 0) is 18.1 Å². The van der Waals surface area contributed by atoms with E-state index in [1.165, 1.54) is 4.90 Å². The maximum Gasteiger partial charge on any atom is 0.320 e. The zero-order chi connectivity index (χ0) is 16.4. The molecule has 0 aliphatic heterocycles. The smallest absolute Gasteiger partial charge is 0.320 e. The first kappa shape index (κ1) is 15.8. The predicted molar refractivity (Wildman–Crippen MR) is 77.1 cm³/mol. The molecule has 4 atom stereocenters. The Morgan fingerprint density at radius 3 is 2.23 bits per heavy atom. The molecule has 2 rings (SSSR count). The lowest BCUT2D eigenvalue weighted by atomic mass is 10.1. The second-order valence-corrected chi connectivity index (χ2v) is 5.25. The van der Waals surface area contributed by atoms with Crippen LogP contribution in [0.2, 0.25) is 0 Å². The van der Waals surface area contributed by atoms with Crippen LogP contribution in [0.4, 0.5) is 10.5 Å². The molecule has 1 fully saturated rings. The molecule has 0 spiro atoms. The largest absolute Gasteiger partial charge is 0.481 e. The van der Waals surface area contributed by atoms with Gasteiger partial charge in [-0.25, -0.2) is 4.79 Å². The molecule has 118 valence electrons. The van der Waals surface area contributed by atoms with E-state index in [0.717, 1.165) is 0 Å². The summed E-state index contributed by atoms with van der Waals surface area (Å²) < 4.78 is 0. The van der Waals surface area contributed by atoms with Crippen molar-refractivity contribution < 1.29 is 24.6 Å². The molecule has 8 nitrogen and oxygen atoms in total. The Morgan fingerprint density at radius 1 is 1.18 bits per heavy atom. The van der Waals surface area contributed by atoms with Crippen LogP contribution < -0.4 is 16.4 Å². The summed E-state index contributed by atoms with van der Waals surface area (Å²) in [5, 5.41) is 18.1. The van der Waals surface area contributed by atoms with Crippen molar-refractivity contribution in [3.63, 3.8) is 0 Å². The third-order valence-electron chi connectivity index (χ3n) is 3.94. The summed E-state index contributed by atoms with van der Waals surface area (Å²) in [6.45, 7) is 0.0158. The maximum absolute atomic E-state index is 11.6. The number of nitrogens with zero attached hydrogens (tertiary/aromatic N) is 1. The summed E-state index contributed by atoms with van der Waals surface area (Å²) in [6, 6.07) is 6.51. The molecular formula is C14H17N3O5.